The number of hydrazine groups is 1. The van der Waals surface area contributed by atoms with E-state index in [9.17, 15) is 29.4 Å². The highest BCUT2D eigenvalue weighted by Crippen LogP contribution is 2.23. The van der Waals surface area contributed by atoms with Gasteiger partial charge in [0.25, 0.3) is 5.91 Å². The lowest BCUT2D eigenvalue weighted by Crippen LogP contribution is -2.61. The van der Waals surface area contributed by atoms with Crippen LogP contribution in [0.2, 0.25) is 0 Å². The van der Waals surface area contributed by atoms with Crippen LogP contribution >= 0.6 is 0 Å². The minimum absolute atomic E-state index is 0.0500. The lowest BCUT2D eigenvalue weighted by molar-refractivity contribution is -0.132. The molecule has 1 aromatic heterocycles. The second kappa shape index (κ2) is 19.0. The van der Waals surface area contributed by atoms with Gasteiger partial charge in [0.1, 0.15) is 12.1 Å². The summed E-state index contributed by atoms with van der Waals surface area (Å²) in [6, 6.07) is 15.1. The molecule has 0 aliphatic rings. The Hall–Kier alpha value is -5.05. The zero-order chi connectivity index (χ0) is 46.0. The monoisotopic (exact) mass is 729 g/mol. The van der Waals surface area contributed by atoms with Crippen molar-refractivity contribution in [2.75, 3.05) is 27.4 Å². The number of hydrogen-bond donors (Lipinski definition) is 6. The first kappa shape index (κ1) is 29.5. The molecule has 4 atom stereocenters. The number of nitrogens with zero attached hydrogens (tertiary/aromatic N) is 2. The fraction of sp³-hybridized carbons (Fsp3) is 0.447. The van der Waals surface area contributed by atoms with Crippen LogP contribution in [-0.4, -0.2) is 95.8 Å². The summed E-state index contributed by atoms with van der Waals surface area (Å²) in [6.07, 6.45) is -2.61. The Morgan fingerprint density at radius 1 is 0.827 bits per heavy atom. The molecule has 0 radical (unpaired) electrons. The second-order valence-electron chi connectivity index (χ2n) is 12.7. The molecule has 3 rings (SSSR count). The van der Waals surface area contributed by atoms with E-state index in [0.29, 0.717) is 22.4 Å². The van der Waals surface area contributed by atoms with Crippen LogP contribution in [0.1, 0.15) is 57.9 Å². The third-order valence-electron chi connectivity index (χ3n) is 8.10. The smallest absolute Gasteiger partial charge is 0.407 e. The molecule has 0 bridgehead atoms. The van der Waals surface area contributed by atoms with Crippen molar-refractivity contribution in [1.82, 2.24) is 31.4 Å². The van der Waals surface area contributed by atoms with Gasteiger partial charge in [0.05, 0.1) is 38.7 Å². The van der Waals surface area contributed by atoms with Crippen molar-refractivity contribution in [3.63, 3.8) is 0 Å². The van der Waals surface area contributed by atoms with E-state index < -0.39 is 92.8 Å². The Morgan fingerprint density at radius 3 is 2.00 bits per heavy atom. The van der Waals surface area contributed by atoms with Gasteiger partial charge in [-0.2, -0.15) is 0 Å². The minimum Gasteiger partial charge on any atom is -0.453 e. The molecule has 0 fully saturated rings. The molecule has 0 aliphatic carbocycles. The van der Waals surface area contributed by atoms with Gasteiger partial charge in [0.2, 0.25) is 5.91 Å². The van der Waals surface area contributed by atoms with Crippen LogP contribution in [0.15, 0.2) is 79.0 Å². The summed E-state index contributed by atoms with van der Waals surface area (Å²) in [6.45, 7) is -10.3. The molecular weight excluding hydrogens is 668 g/mol. The Balaban J connectivity index is 2.17. The van der Waals surface area contributed by atoms with Gasteiger partial charge < -0.3 is 35.6 Å². The lowest BCUT2D eigenvalue weighted by atomic mass is 9.84. The summed E-state index contributed by atoms with van der Waals surface area (Å²) in [4.78, 5) is 57.6. The van der Waals surface area contributed by atoms with Gasteiger partial charge in [0.15, 0.2) is 0 Å². The number of ether oxygens (including phenoxy) is 2. The molecule has 0 saturated carbocycles. The van der Waals surface area contributed by atoms with Gasteiger partial charge in [-0.1, -0.05) is 95.1 Å². The standard InChI is InChI=1S/C38H52N6O8/c1-37(2,3)31(41-35(49)51-6)34(48)43-44(22-26-16-18-27(19-17-26)28-15-11-12-20-39-28)23-30(46)29(21-25-13-9-8-10-14-25)40-33(47)32(38(4,5)24-45)42-36(50)52-7/h8-20,29-32,45-46H,21-24H2,1-7H3,(H,40,47)(H,41,49)(H,42,50)(H,43,48)/t29-,30-,31+,32+/m0/s1/i1D3,2D3,3D3. The van der Waals surface area contributed by atoms with Gasteiger partial charge in [-0.25, -0.2) is 14.6 Å². The molecular formula is C38H52N6O8. The predicted octanol–water partition coefficient (Wildman–Crippen LogP) is 3.18. The maximum absolute atomic E-state index is 14.4. The fourth-order valence-electron chi connectivity index (χ4n) is 5.11. The van der Waals surface area contributed by atoms with Gasteiger partial charge >= 0.3 is 12.2 Å². The first-order chi connectivity index (χ1) is 28.3. The Bertz CT molecular complexity index is 1880. The van der Waals surface area contributed by atoms with Gasteiger partial charge in [-0.3, -0.25) is 20.0 Å². The average molecular weight is 730 g/mol. The second-order valence-corrected chi connectivity index (χ2v) is 12.7. The first-order valence-corrected chi connectivity index (χ1v) is 16.2. The summed E-state index contributed by atoms with van der Waals surface area (Å²) in [5, 5.41) is 30.1. The molecule has 52 heavy (non-hydrogen) atoms. The summed E-state index contributed by atoms with van der Waals surface area (Å²) < 4.78 is 83.1. The van der Waals surface area contributed by atoms with E-state index in [0.717, 1.165) is 19.2 Å². The maximum atomic E-state index is 14.4. The third kappa shape index (κ3) is 12.3. The van der Waals surface area contributed by atoms with Gasteiger partial charge in [-0.05, 0) is 35.1 Å². The van der Waals surface area contributed by atoms with Crippen LogP contribution in [0.3, 0.4) is 0 Å². The highest BCUT2D eigenvalue weighted by molar-refractivity contribution is 5.87. The van der Waals surface area contributed by atoms with Gasteiger partial charge in [0, 0.05) is 42.6 Å². The third-order valence-corrected chi connectivity index (χ3v) is 8.10. The number of carbonyl (C=O) groups excluding carboxylic acids is 4. The Labute approximate surface area is 317 Å². The number of aliphatic hydroxyl groups is 2. The van der Waals surface area contributed by atoms with E-state index in [2.05, 4.69) is 30.5 Å². The van der Waals surface area contributed by atoms with Crippen LogP contribution in [-0.2, 0) is 32.0 Å². The molecule has 0 aliphatic heterocycles. The first-order valence-electron chi connectivity index (χ1n) is 20.7. The quantitative estimate of drug-likeness (QED) is 0.119. The predicted molar refractivity (Wildman–Crippen MR) is 195 cm³/mol. The van der Waals surface area contributed by atoms with Crippen LogP contribution in [0, 0.1) is 10.8 Å². The largest absolute Gasteiger partial charge is 0.453 e. The van der Waals surface area contributed by atoms with Crippen molar-refractivity contribution < 1.29 is 51.2 Å². The van der Waals surface area contributed by atoms with E-state index in [4.69, 9.17) is 12.3 Å². The number of pyridine rings is 1. The Kier molecular flexibility index (Phi) is 10.8. The molecule has 0 spiro atoms. The number of alkyl carbamates (subject to hydrolysis) is 2. The molecule has 6 N–H and O–H groups in total. The normalized spacial score (nSPS) is 17.2. The number of aromatic nitrogens is 1. The molecule has 282 valence electrons. The minimum atomic E-state index is -3.94. The number of rotatable bonds is 16. The van der Waals surface area contributed by atoms with Crippen molar-refractivity contribution in [1.29, 1.82) is 0 Å². The topological polar surface area (TPSA) is 191 Å². The lowest BCUT2D eigenvalue weighted by Gasteiger charge is -2.36. The zero-order valence-electron chi connectivity index (χ0n) is 38.4. The molecule has 0 unspecified atom stereocenters. The van der Waals surface area contributed by atoms with Crippen molar-refractivity contribution in [3.05, 3.63) is 90.1 Å². The van der Waals surface area contributed by atoms with Crippen molar-refractivity contribution >= 4 is 24.0 Å². The van der Waals surface area contributed by atoms with E-state index >= 15 is 0 Å². The Morgan fingerprint density at radius 2 is 1.44 bits per heavy atom. The van der Waals surface area contributed by atoms with Crippen molar-refractivity contribution in [2.24, 2.45) is 10.8 Å². The molecule has 14 heteroatoms. The molecule has 3 aromatic rings. The van der Waals surface area contributed by atoms with Gasteiger partial charge in [-0.15, -0.1) is 0 Å². The maximum Gasteiger partial charge on any atom is 0.407 e. The number of aliphatic hydroxyl groups excluding tert-OH is 2. The van der Waals surface area contributed by atoms with Crippen LogP contribution in [0.4, 0.5) is 9.59 Å². The summed E-state index contributed by atoms with van der Waals surface area (Å²) in [7, 11) is 1.91. The number of hydrogen-bond acceptors (Lipinski definition) is 10. The van der Waals surface area contributed by atoms with Crippen LogP contribution < -0.4 is 21.4 Å². The fourth-order valence-corrected chi connectivity index (χ4v) is 5.11. The highest BCUT2D eigenvalue weighted by Gasteiger charge is 2.39. The molecule has 4 amide bonds. The number of amides is 4. The van der Waals surface area contributed by atoms with Crippen molar-refractivity contribution in [3.8, 4) is 11.3 Å². The van der Waals surface area contributed by atoms with Crippen LogP contribution in [0.25, 0.3) is 11.3 Å². The number of nitrogens with one attached hydrogen (secondary N) is 4. The summed E-state index contributed by atoms with van der Waals surface area (Å²) >= 11 is 0. The van der Waals surface area contributed by atoms with Crippen molar-refractivity contribution in [2.45, 2.75) is 71.6 Å². The summed E-state index contributed by atoms with van der Waals surface area (Å²) in [5.41, 5.74) is -0.432. The zero-order valence-corrected chi connectivity index (χ0v) is 29.4. The molecule has 0 saturated heterocycles. The highest BCUT2D eigenvalue weighted by atomic mass is 16.5. The van der Waals surface area contributed by atoms with E-state index in [1.165, 1.54) is 13.8 Å². The van der Waals surface area contributed by atoms with Crippen LogP contribution in [0.5, 0.6) is 0 Å². The number of methoxy groups -OCH3 is 2. The molecule has 14 nitrogen and oxygen atoms in total. The van der Waals surface area contributed by atoms with E-state index in [-0.39, 0.29) is 13.0 Å². The van der Waals surface area contributed by atoms with E-state index in [1.807, 2.05) is 5.32 Å². The summed E-state index contributed by atoms with van der Waals surface area (Å²) in [5.74, 6) is -2.45. The molecule has 2 aromatic carbocycles. The molecule has 1 heterocycles. The van der Waals surface area contributed by atoms with E-state index in [1.54, 1.807) is 79.0 Å². The number of carbonyl (C=O) groups is 4. The average Bonchev–Trinajstić information content (AvgIpc) is 3.18. The number of benzene rings is 2. The SMILES string of the molecule is [2H]C([2H])([2H])C([C@H](NC(=O)OC)C(=O)NN(Cc1ccc(-c2ccccn2)cc1)C[C@H](O)[C@H](Cc1ccccc1)NC(=O)[C@@H](NC(=O)OC)C(C)(C)CO)(C([2H])([2H])[2H])C([2H])([2H])[2H].